The molecule has 4 amide bonds. The Morgan fingerprint density at radius 2 is 1.63 bits per heavy atom. The monoisotopic (exact) mass is 560 g/mol. The highest BCUT2D eigenvalue weighted by Gasteiger charge is 2.40. The number of nitrogens with zero attached hydrogens (tertiary/aromatic N) is 1. The summed E-state index contributed by atoms with van der Waals surface area (Å²) in [6, 6.07) is 14.7. The number of amides is 4. The highest BCUT2D eigenvalue weighted by Crippen LogP contribution is 2.44. The lowest BCUT2D eigenvalue weighted by Crippen LogP contribution is -2.58. The average molecular weight is 561 g/mol. The topological polar surface area (TPSA) is 161 Å². The minimum absolute atomic E-state index is 0.0494. The second-order valence-corrected chi connectivity index (χ2v) is 10.4. The quantitative estimate of drug-likeness (QED) is 0.336. The van der Waals surface area contributed by atoms with E-state index in [1.165, 1.54) is 13.8 Å². The number of ether oxygens (including phenoxy) is 1. The maximum Gasteiger partial charge on any atom is 0.407 e. The van der Waals surface area contributed by atoms with Gasteiger partial charge in [0.1, 0.15) is 30.1 Å². The van der Waals surface area contributed by atoms with Gasteiger partial charge >= 0.3 is 12.1 Å². The molecule has 1 saturated heterocycles. The van der Waals surface area contributed by atoms with Crippen LogP contribution in [0.5, 0.6) is 0 Å². The van der Waals surface area contributed by atoms with E-state index in [9.17, 15) is 24.0 Å². The Labute approximate surface area is 235 Å². The Morgan fingerprint density at radius 3 is 2.22 bits per heavy atom. The van der Waals surface area contributed by atoms with Crippen molar-refractivity contribution >= 4 is 29.8 Å². The number of carbonyl (C=O) groups excluding carboxylic acids is 5. The lowest BCUT2D eigenvalue weighted by Gasteiger charge is -2.28. The molecule has 3 aromatic rings. The number of hydrogen-bond donors (Lipinski definition) is 3. The Hall–Kier alpha value is -5.00. The van der Waals surface area contributed by atoms with Crippen molar-refractivity contribution in [1.82, 2.24) is 20.7 Å². The molecule has 12 heteroatoms. The number of alkyl carbamates (subject to hydrolysis) is 1. The molecule has 0 saturated carbocycles. The lowest BCUT2D eigenvalue weighted by molar-refractivity contribution is -0.376. The lowest BCUT2D eigenvalue weighted by atomic mass is 9.98. The van der Waals surface area contributed by atoms with Crippen LogP contribution in [0.4, 0.5) is 4.79 Å². The summed E-state index contributed by atoms with van der Waals surface area (Å²) in [5.41, 5.74) is 3.25. The molecule has 0 bridgehead atoms. The van der Waals surface area contributed by atoms with Gasteiger partial charge in [-0.15, -0.1) is 5.06 Å². The first-order chi connectivity index (χ1) is 19.6. The van der Waals surface area contributed by atoms with E-state index in [1.54, 1.807) is 12.5 Å². The molecular formula is C29H30N5O7+. The Balaban J connectivity index is 1.25. The molecule has 4 N–H and O–H groups in total. The summed E-state index contributed by atoms with van der Waals surface area (Å²) in [6.07, 6.45) is 2.31. The summed E-state index contributed by atoms with van der Waals surface area (Å²) in [7, 11) is 0. The van der Waals surface area contributed by atoms with Gasteiger partial charge in [-0.25, -0.2) is 14.6 Å². The van der Waals surface area contributed by atoms with Gasteiger partial charge in [-0.2, -0.15) is 0 Å². The molecule has 1 fully saturated rings. The van der Waals surface area contributed by atoms with Crippen LogP contribution in [0.3, 0.4) is 0 Å². The molecule has 1 atom stereocenters. The number of rotatable bonds is 9. The number of imide groups is 1. The summed E-state index contributed by atoms with van der Waals surface area (Å²) in [4.78, 5) is 73.5. The van der Waals surface area contributed by atoms with Crippen molar-refractivity contribution in [2.75, 3.05) is 6.61 Å². The molecule has 1 aliphatic heterocycles. The Kier molecular flexibility index (Phi) is 7.56. The number of carbonyl (C=O) groups is 5. The van der Waals surface area contributed by atoms with E-state index in [4.69, 9.17) is 9.57 Å². The number of fused-ring (bicyclic) bond motifs is 3. The van der Waals surface area contributed by atoms with Gasteiger partial charge in [0, 0.05) is 25.2 Å². The zero-order valence-electron chi connectivity index (χ0n) is 22.6. The standard InChI is InChI=1S/C29H29N5O7/c1-29(2,27(38)41-34-24(35)11-12-25(34)36)33-26(37)23(13-17-14-30-16-31-17)32-28(39)40-15-22-20-9-5-3-7-18(20)19-8-4-6-10-21(19)22/h3-10,14,16,22-23H,11-13,15H2,1-2H3,(H,30,31)(H,32,39)(H,33,37)/p+1/t23-/m0/s1. The van der Waals surface area contributed by atoms with Gasteiger partial charge < -0.3 is 20.2 Å². The van der Waals surface area contributed by atoms with Crippen molar-refractivity contribution in [2.45, 2.75) is 50.6 Å². The molecule has 2 aromatic carbocycles. The van der Waals surface area contributed by atoms with Gasteiger partial charge in [-0.1, -0.05) is 48.5 Å². The van der Waals surface area contributed by atoms with E-state index in [0.29, 0.717) is 10.8 Å². The predicted octanol–water partition coefficient (Wildman–Crippen LogP) is 1.78. The van der Waals surface area contributed by atoms with Crippen LogP contribution >= 0.6 is 0 Å². The SMILES string of the molecule is CC(C)(NC(=O)[C@H](Cc1c[nH+]c[nH]1)NC(=O)OCC1c2ccccc2-c2ccccc21)C(=O)ON1C(=O)CCC1=O. The van der Waals surface area contributed by atoms with Crippen molar-refractivity contribution in [3.63, 3.8) is 0 Å². The van der Waals surface area contributed by atoms with Gasteiger partial charge in [0.25, 0.3) is 11.8 Å². The average Bonchev–Trinajstić information content (AvgIpc) is 3.66. The third kappa shape index (κ3) is 5.81. The van der Waals surface area contributed by atoms with Gasteiger partial charge in [0.2, 0.25) is 12.2 Å². The van der Waals surface area contributed by atoms with E-state index >= 15 is 0 Å². The molecule has 1 aromatic heterocycles. The summed E-state index contributed by atoms with van der Waals surface area (Å²) in [5.74, 6) is -3.15. The molecule has 2 heterocycles. The molecule has 12 nitrogen and oxygen atoms in total. The van der Waals surface area contributed by atoms with Crippen molar-refractivity contribution in [2.24, 2.45) is 0 Å². The van der Waals surface area contributed by atoms with Gasteiger partial charge in [-0.05, 0) is 36.1 Å². The fourth-order valence-electron chi connectivity index (χ4n) is 4.95. The maximum absolute atomic E-state index is 13.3. The Bertz CT molecular complexity index is 1440. The predicted molar refractivity (Wildman–Crippen MR) is 142 cm³/mol. The summed E-state index contributed by atoms with van der Waals surface area (Å²) >= 11 is 0. The number of H-pyrrole nitrogens is 2. The maximum atomic E-state index is 13.3. The van der Waals surface area contributed by atoms with Crippen LogP contribution in [-0.2, 0) is 35.2 Å². The number of hydrogen-bond acceptors (Lipinski definition) is 7. The van der Waals surface area contributed by atoms with Crippen molar-refractivity contribution < 1.29 is 38.5 Å². The first-order valence-corrected chi connectivity index (χ1v) is 13.2. The third-order valence-corrected chi connectivity index (χ3v) is 7.10. The van der Waals surface area contributed by atoms with Crippen LogP contribution < -0.4 is 15.6 Å². The number of nitrogens with one attached hydrogen (secondary N) is 4. The first-order valence-electron chi connectivity index (χ1n) is 13.2. The highest BCUT2D eigenvalue weighted by molar-refractivity contribution is 6.02. The first kappa shape index (κ1) is 27.6. The highest BCUT2D eigenvalue weighted by atomic mass is 16.7. The molecule has 0 unspecified atom stereocenters. The summed E-state index contributed by atoms with van der Waals surface area (Å²) in [5, 5.41) is 5.56. The van der Waals surface area contributed by atoms with Crippen LogP contribution in [0.15, 0.2) is 61.1 Å². The molecule has 41 heavy (non-hydrogen) atoms. The molecule has 2 aliphatic rings. The largest absolute Gasteiger partial charge is 0.449 e. The van der Waals surface area contributed by atoms with E-state index in [0.717, 1.165) is 22.3 Å². The molecule has 1 aliphatic carbocycles. The van der Waals surface area contributed by atoms with Crippen LogP contribution in [-0.4, -0.2) is 58.0 Å². The van der Waals surface area contributed by atoms with Crippen LogP contribution in [0.25, 0.3) is 11.1 Å². The number of hydroxylamine groups is 2. The third-order valence-electron chi connectivity index (χ3n) is 7.10. The number of imidazole rings is 1. The second-order valence-electron chi connectivity index (χ2n) is 10.4. The minimum atomic E-state index is -1.64. The van der Waals surface area contributed by atoms with Gasteiger partial charge in [0.05, 0.1) is 0 Å². The number of aromatic nitrogens is 2. The molecule has 212 valence electrons. The fourth-order valence-corrected chi connectivity index (χ4v) is 4.95. The molecule has 5 rings (SSSR count). The van der Waals surface area contributed by atoms with E-state index in [-0.39, 0.29) is 31.8 Å². The Morgan fingerprint density at radius 1 is 1.02 bits per heavy atom. The van der Waals surface area contributed by atoms with E-state index in [2.05, 4.69) is 20.6 Å². The smallest absolute Gasteiger partial charge is 0.407 e. The van der Waals surface area contributed by atoms with Crippen molar-refractivity contribution in [1.29, 1.82) is 0 Å². The van der Waals surface area contributed by atoms with E-state index in [1.807, 2.05) is 48.5 Å². The summed E-state index contributed by atoms with van der Waals surface area (Å²) < 4.78 is 5.61. The van der Waals surface area contributed by atoms with Crippen LogP contribution in [0.1, 0.15) is 49.4 Å². The van der Waals surface area contributed by atoms with Gasteiger partial charge in [0.15, 0.2) is 0 Å². The summed E-state index contributed by atoms with van der Waals surface area (Å²) in [6.45, 7) is 2.79. The second kappa shape index (κ2) is 11.2. The zero-order valence-corrected chi connectivity index (χ0v) is 22.6. The van der Waals surface area contributed by atoms with E-state index < -0.39 is 41.4 Å². The van der Waals surface area contributed by atoms with Crippen molar-refractivity contribution in [3.8, 4) is 11.1 Å². The van der Waals surface area contributed by atoms with Crippen molar-refractivity contribution in [3.05, 3.63) is 77.9 Å². The van der Waals surface area contributed by atoms with Crippen LogP contribution in [0.2, 0.25) is 0 Å². The molecular weight excluding hydrogens is 530 g/mol. The number of aromatic amines is 2. The number of benzene rings is 2. The molecule has 0 radical (unpaired) electrons. The van der Waals surface area contributed by atoms with Gasteiger partial charge in [-0.3, -0.25) is 19.4 Å². The normalized spacial score (nSPS) is 15.2. The minimum Gasteiger partial charge on any atom is -0.449 e. The fraction of sp³-hybridized carbons (Fsp3) is 0.310. The molecule has 0 spiro atoms. The zero-order chi connectivity index (χ0) is 29.1. The van der Waals surface area contributed by atoms with Crippen LogP contribution in [0, 0.1) is 0 Å².